The molecule has 2 N–H and O–H groups in total. The summed E-state index contributed by atoms with van der Waals surface area (Å²) in [5, 5.41) is 6.47. The highest BCUT2D eigenvalue weighted by molar-refractivity contribution is 6.34. The van der Waals surface area contributed by atoms with E-state index in [2.05, 4.69) is 15.6 Å². The van der Waals surface area contributed by atoms with Gasteiger partial charge in [-0.05, 0) is 36.8 Å². The van der Waals surface area contributed by atoms with Gasteiger partial charge in [-0.1, -0.05) is 29.3 Å². The Bertz CT molecular complexity index is 659. The molecule has 0 aliphatic heterocycles. The summed E-state index contributed by atoms with van der Waals surface area (Å²) in [5.74, 6) is 0.194. The third kappa shape index (κ3) is 3.21. The molecular weight excluding hydrogens is 297 g/mol. The molecule has 0 fully saturated rings. The fraction of sp³-hybridized carbons (Fsp3) is 0.143. The van der Waals surface area contributed by atoms with Crippen LogP contribution in [0, 0.1) is 6.92 Å². The molecule has 2 rings (SSSR count). The van der Waals surface area contributed by atoms with E-state index in [0.717, 1.165) is 5.56 Å². The number of anilines is 2. The van der Waals surface area contributed by atoms with Gasteiger partial charge in [0.1, 0.15) is 11.5 Å². The molecule has 104 valence electrons. The highest BCUT2D eigenvalue weighted by atomic mass is 35.5. The summed E-state index contributed by atoms with van der Waals surface area (Å²) in [6.45, 7) is 1.88. The molecule has 1 aromatic carbocycles. The van der Waals surface area contributed by atoms with Gasteiger partial charge in [0, 0.05) is 17.8 Å². The van der Waals surface area contributed by atoms with Crippen molar-refractivity contribution in [3.8, 4) is 0 Å². The molecule has 1 heterocycles. The lowest BCUT2D eigenvalue weighted by atomic mass is 10.2. The number of aromatic nitrogens is 1. The van der Waals surface area contributed by atoms with Crippen LogP contribution >= 0.6 is 23.2 Å². The standard InChI is InChI=1S/C14H13Cl2N3O/c1-8-3-4-9(15)7-11(8)18-14(20)13-10(16)5-6-12(17-2)19-13/h3-7H,1-2H3,(H,17,19)(H,18,20). The number of aryl methyl sites for hydroxylation is 1. The van der Waals surface area contributed by atoms with E-state index in [1.54, 1.807) is 31.3 Å². The predicted molar refractivity (Wildman–Crippen MR) is 82.9 cm³/mol. The maximum absolute atomic E-state index is 12.2. The average molecular weight is 310 g/mol. The second kappa shape index (κ2) is 6.11. The SMILES string of the molecule is CNc1ccc(Cl)c(C(=O)Nc2cc(Cl)ccc2C)n1. The number of pyridine rings is 1. The average Bonchev–Trinajstić information content (AvgIpc) is 2.43. The molecule has 0 atom stereocenters. The van der Waals surface area contributed by atoms with E-state index in [1.807, 2.05) is 13.0 Å². The van der Waals surface area contributed by atoms with Crippen LogP contribution in [0.15, 0.2) is 30.3 Å². The first kappa shape index (κ1) is 14.6. The lowest BCUT2D eigenvalue weighted by molar-refractivity contribution is 0.102. The lowest BCUT2D eigenvalue weighted by Gasteiger charge is -2.10. The summed E-state index contributed by atoms with van der Waals surface area (Å²) in [6, 6.07) is 8.60. The molecular formula is C14H13Cl2N3O. The normalized spacial score (nSPS) is 10.2. The molecule has 0 bridgehead atoms. The number of benzene rings is 1. The maximum atomic E-state index is 12.2. The van der Waals surface area contributed by atoms with Crippen molar-refractivity contribution in [2.45, 2.75) is 6.92 Å². The van der Waals surface area contributed by atoms with Gasteiger partial charge >= 0.3 is 0 Å². The van der Waals surface area contributed by atoms with Crippen LogP contribution in [0.2, 0.25) is 10.0 Å². The van der Waals surface area contributed by atoms with Crippen LogP contribution in [0.4, 0.5) is 11.5 Å². The fourth-order valence-electron chi connectivity index (χ4n) is 1.65. The zero-order valence-corrected chi connectivity index (χ0v) is 12.5. The van der Waals surface area contributed by atoms with Gasteiger partial charge in [-0.2, -0.15) is 0 Å². The van der Waals surface area contributed by atoms with Crippen molar-refractivity contribution in [2.24, 2.45) is 0 Å². The van der Waals surface area contributed by atoms with E-state index in [9.17, 15) is 4.79 Å². The van der Waals surface area contributed by atoms with Gasteiger partial charge in [0.05, 0.1) is 5.02 Å². The molecule has 2 aromatic rings. The first-order valence-electron chi connectivity index (χ1n) is 5.93. The zero-order valence-electron chi connectivity index (χ0n) is 11.0. The van der Waals surface area contributed by atoms with Gasteiger partial charge in [0.25, 0.3) is 5.91 Å². The van der Waals surface area contributed by atoms with E-state index >= 15 is 0 Å². The molecule has 4 nitrogen and oxygen atoms in total. The van der Waals surface area contributed by atoms with Crippen LogP contribution in [-0.2, 0) is 0 Å². The Morgan fingerprint density at radius 2 is 1.95 bits per heavy atom. The fourth-order valence-corrected chi connectivity index (χ4v) is 2.01. The predicted octanol–water partition coefficient (Wildman–Crippen LogP) is 3.99. The quantitative estimate of drug-likeness (QED) is 0.901. The number of carbonyl (C=O) groups is 1. The number of amides is 1. The minimum Gasteiger partial charge on any atom is -0.373 e. The van der Waals surface area contributed by atoms with Crippen LogP contribution in [0.5, 0.6) is 0 Å². The van der Waals surface area contributed by atoms with E-state index in [-0.39, 0.29) is 11.6 Å². The van der Waals surface area contributed by atoms with Gasteiger partial charge < -0.3 is 10.6 Å². The second-order valence-electron chi connectivity index (χ2n) is 4.19. The van der Waals surface area contributed by atoms with Crippen molar-refractivity contribution in [1.82, 2.24) is 4.98 Å². The summed E-state index contributed by atoms with van der Waals surface area (Å²) in [7, 11) is 1.72. The topological polar surface area (TPSA) is 54.0 Å². The first-order valence-corrected chi connectivity index (χ1v) is 6.68. The van der Waals surface area contributed by atoms with Crippen molar-refractivity contribution >= 4 is 40.6 Å². The van der Waals surface area contributed by atoms with E-state index in [4.69, 9.17) is 23.2 Å². The Balaban J connectivity index is 2.30. The van der Waals surface area contributed by atoms with Crippen LogP contribution < -0.4 is 10.6 Å². The van der Waals surface area contributed by atoms with Crippen LogP contribution in [0.25, 0.3) is 0 Å². The van der Waals surface area contributed by atoms with Gasteiger partial charge in [0.2, 0.25) is 0 Å². The monoisotopic (exact) mass is 309 g/mol. The van der Waals surface area contributed by atoms with Gasteiger partial charge in [-0.3, -0.25) is 4.79 Å². The molecule has 0 unspecified atom stereocenters. The number of rotatable bonds is 3. The van der Waals surface area contributed by atoms with Crippen LogP contribution in [0.3, 0.4) is 0 Å². The maximum Gasteiger partial charge on any atom is 0.275 e. The Hall–Kier alpha value is -1.78. The molecule has 0 spiro atoms. The minimum absolute atomic E-state index is 0.165. The third-order valence-electron chi connectivity index (χ3n) is 2.77. The van der Waals surface area contributed by atoms with E-state index < -0.39 is 0 Å². The Labute approximate surface area is 127 Å². The molecule has 0 radical (unpaired) electrons. The first-order chi connectivity index (χ1) is 9.51. The van der Waals surface area contributed by atoms with Gasteiger partial charge in [-0.25, -0.2) is 4.98 Å². The van der Waals surface area contributed by atoms with Crippen LogP contribution in [-0.4, -0.2) is 17.9 Å². The molecule has 0 aliphatic rings. The molecule has 0 aliphatic carbocycles. The molecule has 1 amide bonds. The van der Waals surface area contributed by atoms with Crippen LogP contribution in [0.1, 0.15) is 16.1 Å². The smallest absolute Gasteiger partial charge is 0.275 e. The summed E-state index contributed by atoms with van der Waals surface area (Å²) >= 11 is 11.9. The lowest BCUT2D eigenvalue weighted by Crippen LogP contribution is -2.15. The molecule has 20 heavy (non-hydrogen) atoms. The summed E-state index contributed by atoms with van der Waals surface area (Å²) in [5.41, 5.74) is 1.71. The van der Waals surface area contributed by atoms with E-state index in [0.29, 0.717) is 21.6 Å². The highest BCUT2D eigenvalue weighted by Crippen LogP contribution is 2.22. The number of hydrogen-bond acceptors (Lipinski definition) is 3. The van der Waals surface area contributed by atoms with Crippen molar-refractivity contribution in [1.29, 1.82) is 0 Å². The number of nitrogens with one attached hydrogen (secondary N) is 2. The van der Waals surface area contributed by atoms with Crippen molar-refractivity contribution in [2.75, 3.05) is 17.7 Å². The zero-order chi connectivity index (χ0) is 14.7. The minimum atomic E-state index is -0.377. The largest absolute Gasteiger partial charge is 0.373 e. The van der Waals surface area contributed by atoms with Gasteiger partial charge in [0.15, 0.2) is 0 Å². The van der Waals surface area contributed by atoms with Crippen molar-refractivity contribution in [3.63, 3.8) is 0 Å². The molecule has 0 saturated heterocycles. The summed E-state index contributed by atoms with van der Waals surface area (Å²) in [6.07, 6.45) is 0. The Morgan fingerprint density at radius 3 is 2.65 bits per heavy atom. The highest BCUT2D eigenvalue weighted by Gasteiger charge is 2.14. The number of nitrogens with zero attached hydrogens (tertiary/aromatic N) is 1. The third-order valence-corrected chi connectivity index (χ3v) is 3.31. The van der Waals surface area contributed by atoms with Crippen molar-refractivity contribution in [3.05, 3.63) is 51.6 Å². The Kier molecular flexibility index (Phi) is 4.47. The summed E-state index contributed by atoms with van der Waals surface area (Å²) in [4.78, 5) is 16.4. The number of halogens is 2. The van der Waals surface area contributed by atoms with Gasteiger partial charge in [-0.15, -0.1) is 0 Å². The molecule has 6 heteroatoms. The number of hydrogen-bond donors (Lipinski definition) is 2. The summed E-state index contributed by atoms with van der Waals surface area (Å²) < 4.78 is 0. The molecule has 0 saturated carbocycles. The Morgan fingerprint density at radius 1 is 1.20 bits per heavy atom. The van der Waals surface area contributed by atoms with E-state index in [1.165, 1.54) is 0 Å². The molecule has 1 aromatic heterocycles. The number of carbonyl (C=O) groups excluding carboxylic acids is 1. The van der Waals surface area contributed by atoms with Crippen molar-refractivity contribution < 1.29 is 4.79 Å². The second-order valence-corrected chi connectivity index (χ2v) is 5.03.